The molecule has 4 heteroatoms. The highest BCUT2D eigenvalue weighted by atomic mass is 35.5. The molecule has 0 aliphatic heterocycles. The van der Waals surface area contributed by atoms with Crippen LogP contribution in [-0.4, -0.2) is 12.6 Å². The van der Waals surface area contributed by atoms with Gasteiger partial charge < -0.3 is 10.1 Å². The van der Waals surface area contributed by atoms with E-state index in [4.69, 9.17) is 16.3 Å². The first-order valence-corrected chi connectivity index (χ1v) is 10.4. The molecule has 1 N–H and O–H groups in total. The third-order valence-electron chi connectivity index (χ3n) is 4.78. The summed E-state index contributed by atoms with van der Waals surface area (Å²) in [5.74, 6) is 0.858. The number of benzene rings is 3. The molecule has 0 fully saturated rings. The molecule has 0 aliphatic carbocycles. The first-order chi connectivity index (χ1) is 14.0. The third kappa shape index (κ3) is 6.59. The molecular formula is C25H27ClFNO. The fraction of sp³-hybridized carbons (Fsp3) is 0.280. The summed E-state index contributed by atoms with van der Waals surface area (Å²) in [6.07, 6.45) is 1.08. The average Bonchev–Trinajstić information content (AvgIpc) is 2.71. The van der Waals surface area contributed by atoms with Gasteiger partial charge in [-0.05, 0) is 79.9 Å². The van der Waals surface area contributed by atoms with E-state index in [1.807, 2.05) is 62.4 Å². The normalized spacial score (nSPS) is 12.2. The summed E-state index contributed by atoms with van der Waals surface area (Å²) in [5.41, 5.74) is 3.50. The van der Waals surface area contributed by atoms with Crippen molar-refractivity contribution in [2.45, 2.75) is 38.8 Å². The fourth-order valence-electron chi connectivity index (χ4n) is 3.35. The van der Waals surface area contributed by atoms with Crippen LogP contribution in [0.2, 0.25) is 5.02 Å². The quantitative estimate of drug-likeness (QED) is 0.401. The SMILES string of the molecule is CC(C)Oc1ccc(CNCC[C@H](c2ccc(F)cc2)c2ccc(Cl)cc2)cc1. The smallest absolute Gasteiger partial charge is 0.123 e. The van der Waals surface area contributed by atoms with E-state index in [1.165, 1.54) is 23.3 Å². The van der Waals surface area contributed by atoms with Gasteiger partial charge in [0.05, 0.1) is 6.10 Å². The van der Waals surface area contributed by atoms with Crippen LogP contribution in [0.4, 0.5) is 4.39 Å². The summed E-state index contributed by atoms with van der Waals surface area (Å²) in [6.45, 7) is 5.68. The minimum Gasteiger partial charge on any atom is -0.491 e. The molecule has 1 atom stereocenters. The van der Waals surface area contributed by atoms with Gasteiger partial charge in [-0.15, -0.1) is 0 Å². The molecule has 0 saturated carbocycles. The van der Waals surface area contributed by atoms with Crippen LogP contribution >= 0.6 is 11.6 Å². The van der Waals surface area contributed by atoms with E-state index in [2.05, 4.69) is 17.4 Å². The Kier molecular flexibility index (Phi) is 7.68. The van der Waals surface area contributed by atoms with Crippen molar-refractivity contribution in [1.82, 2.24) is 5.32 Å². The van der Waals surface area contributed by atoms with Crippen LogP contribution in [0.3, 0.4) is 0 Å². The average molecular weight is 412 g/mol. The van der Waals surface area contributed by atoms with Gasteiger partial charge in [0, 0.05) is 17.5 Å². The summed E-state index contributed by atoms with van der Waals surface area (Å²) in [7, 11) is 0. The predicted octanol–water partition coefficient (Wildman–Crippen LogP) is 6.58. The highest BCUT2D eigenvalue weighted by Gasteiger charge is 2.14. The van der Waals surface area contributed by atoms with Gasteiger partial charge in [0.15, 0.2) is 0 Å². The summed E-state index contributed by atoms with van der Waals surface area (Å²) in [5, 5.41) is 4.23. The van der Waals surface area contributed by atoms with Crippen molar-refractivity contribution in [3.8, 4) is 5.75 Å². The number of rotatable bonds is 9. The molecule has 0 aliphatic rings. The molecule has 3 aromatic carbocycles. The first-order valence-electron chi connectivity index (χ1n) is 9.98. The lowest BCUT2D eigenvalue weighted by molar-refractivity contribution is 0.242. The number of halogens is 2. The number of nitrogens with one attached hydrogen (secondary N) is 1. The predicted molar refractivity (Wildman–Crippen MR) is 118 cm³/mol. The highest BCUT2D eigenvalue weighted by Crippen LogP contribution is 2.29. The minimum atomic E-state index is -0.216. The Morgan fingerprint density at radius 3 is 2.03 bits per heavy atom. The minimum absolute atomic E-state index is 0.176. The zero-order chi connectivity index (χ0) is 20.6. The molecule has 0 spiro atoms. The van der Waals surface area contributed by atoms with Crippen molar-refractivity contribution in [3.63, 3.8) is 0 Å². The van der Waals surface area contributed by atoms with Crippen LogP contribution in [0, 0.1) is 5.82 Å². The maximum absolute atomic E-state index is 13.4. The van der Waals surface area contributed by atoms with Crippen molar-refractivity contribution in [3.05, 3.63) is 100 Å². The number of hydrogen-bond acceptors (Lipinski definition) is 2. The molecular weight excluding hydrogens is 385 g/mol. The Balaban J connectivity index is 1.60. The lowest BCUT2D eigenvalue weighted by Crippen LogP contribution is -2.18. The van der Waals surface area contributed by atoms with Gasteiger partial charge in [-0.2, -0.15) is 0 Å². The molecule has 3 aromatic rings. The summed E-state index contributed by atoms with van der Waals surface area (Å²) in [6, 6.07) is 22.8. The van der Waals surface area contributed by atoms with E-state index in [9.17, 15) is 4.39 Å². The molecule has 0 heterocycles. The summed E-state index contributed by atoms with van der Waals surface area (Å²) < 4.78 is 19.0. The number of hydrogen-bond donors (Lipinski definition) is 1. The van der Waals surface area contributed by atoms with E-state index >= 15 is 0 Å². The fourth-order valence-corrected chi connectivity index (χ4v) is 3.48. The van der Waals surface area contributed by atoms with Crippen molar-refractivity contribution in [2.75, 3.05) is 6.54 Å². The van der Waals surface area contributed by atoms with Gasteiger partial charge >= 0.3 is 0 Å². The van der Waals surface area contributed by atoms with E-state index in [0.717, 1.165) is 35.8 Å². The van der Waals surface area contributed by atoms with Gasteiger partial charge in [-0.3, -0.25) is 0 Å². The Morgan fingerprint density at radius 2 is 1.45 bits per heavy atom. The molecule has 0 amide bonds. The molecule has 2 nitrogen and oxygen atoms in total. The van der Waals surface area contributed by atoms with E-state index in [1.54, 1.807) is 0 Å². The van der Waals surface area contributed by atoms with Gasteiger partial charge in [-0.25, -0.2) is 4.39 Å². The van der Waals surface area contributed by atoms with Crippen molar-refractivity contribution >= 4 is 11.6 Å². The van der Waals surface area contributed by atoms with Gasteiger partial charge in [-0.1, -0.05) is 48.0 Å². The van der Waals surface area contributed by atoms with Crippen LogP contribution in [0.1, 0.15) is 42.9 Å². The van der Waals surface area contributed by atoms with Crippen LogP contribution < -0.4 is 10.1 Å². The molecule has 0 radical (unpaired) electrons. The topological polar surface area (TPSA) is 21.3 Å². The van der Waals surface area contributed by atoms with Crippen molar-refractivity contribution in [2.24, 2.45) is 0 Å². The maximum atomic E-state index is 13.4. The second-order valence-electron chi connectivity index (χ2n) is 7.43. The van der Waals surface area contributed by atoms with Crippen LogP contribution in [0.15, 0.2) is 72.8 Å². The highest BCUT2D eigenvalue weighted by molar-refractivity contribution is 6.30. The Labute approximate surface area is 177 Å². The van der Waals surface area contributed by atoms with E-state index in [-0.39, 0.29) is 17.8 Å². The zero-order valence-electron chi connectivity index (χ0n) is 16.9. The lowest BCUT2D eigenvalue weighted by Gasteiger charge is -2.19. The molecule has 29 heavy (non-hydrogen) atoms. The standard InChI is InChI=1S/C25H27ClFNO/c1-18(2)29-24-13-3-19(4-14-24)17-28-16-15-25(20-5-9-22(26)10-6-20)21-7-11-23(27)12-8-21/h3-14,18,25,28H,15-17H2,1-2H3/t25-/m0/s1. The molecule has 0 saturated heterocycles. The monoisotopic (exact) mass is 411 g/mol. The largest absolute Gasteiger partial charge is 0.491 e. The molecule has 0 unspecified atom stereocenters. The molecule has 152 valence electrons. The Morgan fingerprint density at radius 1 is 0.862 bits per heavy atom. The van der Waals surface area contributed by atoms with Crippen molar-refractivity contribution < 1.29 is 9.13 Å². The van der Waals surface area contributed by atoms with Crippen LogP contribution in [0.5, 0.6) is 5.75 Å². The van der Waals surface area contributed by atoms with Gasteiger partial charge in [0.25, 0.3) is 0 Å². The summed E-state index contributed by atoms with van der Waals surface area (Å²) in [4.78, 5) is 0. The molecule has 0 bridgehead atoms. The molecule has 3 rings (SSSR count). The molecule has 0 aromatic heterocycles. The van der Waals surface area contributed by atoms with E-state index < -0.39 is 0 Å². The first kappa shape index (κ1) is 21.4. The number of ether oxygens (including phenoxy) is 1. The third-order valence-corrected chi connectivity index (χ3v) is 5.03. The second-order valence-corrected chi connectivity index (χ2v) is 7.87. The van der Waals surface area contributed by atoms with Crippen molar-refractivity contribution in [1.29, 1.82) is 0 Å². The zero-order valence-corrected chi connectivity index (χ0v) is 17.6. The Hall–Kier alpha value is -2.36. The van der Waals surface area contributed by atoms with Gasteiger partial charge in [0.2, 0.25) is 0 Å². The van der Waals surface area contributed by atoms with Crippen LogP contribution in [0.25, 0.3) is 0 Å². The van der Waals surface area contributed by atoms with E-state index in [0.29, 0.717) is 0 Å². The second kappa shape index (κ2) is 10.4. The van der Waals surface area contributed by atoms with Crippen LogP contribution in [-0.2, 0) is 6.54 Å². The summed E-state index contributed by atoms with van der Waals surface area (Å²) >= 11 is 6.05. The van der Waals surface area contributed by atoms with Gasteiger partial charge in [0.1, 0.15) is 11.6 Å². The lowest BCUT2D eigenvalue weighted by atomic mass is 9.88. The Bertz CT molecular complexity index is 831. The maximum Gasteiger partial charge on any atom is 0.123 e.